The van der Waals surface area contributed by atoms with Gasteiger partial charge in [-0.15, -0.1) is 0 Å². The van der Waals surface area contributed by atoms with Gasteiger partial charge in [0.1, 0.15) is 0 Å². The van der Waals surface area contributed by atoms with Crippen LogP contribution in [-0.4, -0.2) is 314 Å². The van der Waals surface area contributed by atoms with E-state index in [4.69, 9.17) is 92.5 Å². The third-order valence-electron chi connectivity index (χ3n) is 14.6. The smallest absolute Gasteiger partial charge is 0.297 e. The predicted octanol–water partition coefficient (Wildman–Crippen LogP) is 4.66. The van der Waals surface area contributed by atoms with Gasteiger partial charge in [0.15, 0.2) is 0 Å². The molecule has 588 valence electrons. The van der Waals surface area contributed by atoms with E-state index in [2.05, 4.69) is 9.80 Å². The minimum Gasteiger partial charge on any atom is -0.382 e. The van der Waals surface area contributed by atoms with Crippen LogP contribution >= 0.6 is 0 Å². The van der Waals surface area contributed by atoms with Crippen molar-refractivity contribution in [3.8, 4) is 0 Å². The maximum atomic E-state index is 13.0. The first-order valence-electron chi connectivity index (χ1n) is 33.9. The van der Waals surface area contributed by atoms with Gasteiger partial charge in [-0.05, 0) is 76.2 Å². The molecule has 103 heavy (non-hydrogen) atoms. The van der Waals surface area contributed by atoms with E-state index in [9.17, 15) is 33.7 Å². The molecular formula is C69H110N2O28S4. The molecule has 0 bridgehead atoms. The normalized spacial score (nSPS) is 13.7. The third kappa shape index (κ3) is 41.1. The van der Waals surface area contributed by atoms with Gasteiger partial charge in [-0.3, -0.25) is 26.5 Å². The molecule has 0 saturated heterocycles. The highest BCUT2D eigenvalue weighted by molar-refractivity contribution is 7.87. The second-order valence-corrected chi connectivity index (χ2v) is 29.7. The van der Waals surface area contributed by atoms with Gasteiger partial charge < -0.3 is 75.8 Å². The summed E-state index contributed by atoms with van der Waals surface area (Å²) < 4.78 is 219. The molecule has 0 fully saturated rings. The van der Waals surface area contributed by atoms with Gasteiger partial charge in [0.05, 0.1) is 236 Å². The van der Waals surface area contributed by atoms with Crippen LogP contribution in [0.15, 0.2) is 117 Å². The molecule has 0 aliphatic heterocycles. The lowest BCUT2D eigenvalue weighted by atomic mass is 10.2. The van der Waals surface area contributed by atoms with E-state index in [0.29, 0.717) is 26.4 Å². The van der Waals surface area contributed by atoms with Crippen molar-refractivity contribution in [2.24, 2.45) is 0 Å². The zero-order valence-electron chi connectivity index (χ0n) is 60.8. The molecule has 4 aromatic rings. The van der Waals surface area contributed by atoms with Crippen molar-refractivity contribution in [1.82, 2.24) is 9.80 Å². The molecule has 0 saturated carbocycles. The maximum Gasteiger partial charge on any atom is 0.297 e. The standard InChI is InChI=1S/C69H110N2O28S4/c1-58-9-17-66(18-10-58)100(72,73)96-45-37-84-31-33-90-55-64(94-43-35-86-39-47-98-102(76,77)68-21-13-60(3)14-22-68)51-71(57-70(49-62(92-41-27-82-7)53-88-29-25-80-5)50-63(93-42-28-83-8)54-89-30-26-81-6)52-65(95-44-36-87-40-48-99-103(78,79)69-23-15-61(4)16-24-69)56-91-34-32-85-38-46-97-101(74,75)67-19-11-59(2)12-20-67/h9-24,62-65H,25-57H2,1-8H3. The van der Waals surface area contributed by atoms with Crippen LogP contribution in [0, 0.1) is 27.7 Å². The largest absolute Gasteiger partial charge is 0.382 e. The van der Waals surface area contributed by atoms with Gasteiger partial charge in [-0.25, -0.2) is 0 Å². The summed E-state index contributed by atoms with van der Waals surface area (Å²) in [5, 5.41) is 0. The van der Waals surface area contributed by atoms with Crippen LogP contribution in [0.2, 0.25) is 0 Å². The van der Waals surface area contributed by atoms with E-state index in [-0.39, 0.29) is 211 Å². The Morgan fingerprint density at radius 3 is 0.670 bits per heavy atom. The monoisotopic (exact) mass is 1540 g/mol. The van der Waals surface area contributed by atoms with Crippen LogP contribution in [-0.2, 0) is 133 Å². The average molecular weight is 1540 g/mol. The van der Waals surface area contributed by atoms with Gasteiger partial charge in [-0.2, -0.15) is 33.7 Å². The molecule has 0 heterocycles. The number of rotatable bonds is 66. The molecular weight excluding hydrogens is 1430 g/mol. The molecule has 0 N–H and O–H groups in total. The Bertz CT molecular complexity index is 3060. The second kappa shape index (κ2) is 53.6. The molecule has 4 aromatic carbocycles. The predicted molar refractivity (Wildman–Crippen MR) is 378 cm³/mol. The Balaban J connectivity index is 1.67. The Morgan fingerprint density at radius 1 is 0.252 bits per heavy atom. The molecule has 30 nitrogen and oxygen atoms in total. The number of ether oxygens (including phenoxy) is 16. The van der Waals surface area contributed by atoms with Crippen molar-refractivity contribution >= 4 is 40.5 Å². The van der Waals surface area contributed by atoms with Gasteiger partial charge in [0.25, 0.3) is 40.5 Å². The van der Waals surface area contributed by atoms with E-state index in [1.807, 2.05) is 27.7 Å². The lowest BCUT2D eigenvalue weighted by Crippen LogP contribution is -2.52. The summed E-state index contributed by atoms with van der Waals surface area (Å²) in [5.74, 6) is 0. The number of nitrogens with zero attached hydrogens (tertiary/aromatic N) is 2. The van der Waals surface area contributed by atoms with Gasteiger partial charge >= 0.3 is 0 Å². The Hall–Kier alpha value is -4.20. The summed E-state index contributed by atoms with van der Waals surface area (Å²) in [6.45, 7) is 9.84. The summed E-state index contributed by atoms with van der Waals surface area (Å²) in [6, 6.07) is 25.1. The topological polar surface area (TPSA) is 328 Å². The minimum absolute atomic E-state index is 0.00137. The second-order valence-electron chi connectivity index (χ2n) is 23.3. The molecule has 0 spiro atoms. The molecule has 34 heteroatoms. The first-order valence-corrected chi connectivity index (χ1v) is 39.6. The van der Waals surface area contributed by atoms with E-state index < -0.39 is 64.9 Å². The molecule has 4 rings (SSSR count). The fraction of sp³-hybridized carbons (Fsp3) is 0.652. The van der Waals surface area contributed by atoms with E-state index in [0.717, 1.165) is 22.3 Å². The molecule has 4 atom stereocenters. The zero-order chi connectivity index (χ0) is 74.9. The SMILES string of the molecule is COCCOCC(CN(CC(COCCOC)OCCOC)CN(CC(COCCOCCOS(=O)(=O)c1ccc(C)cc1)OCCOCCOS(=O)(=O)c1ccc(C)cc1)CC(COCCOCCOS(=O)(=O)c1ccc(C)cc1)OCCOCCOS(=O)(=O)c1ccc(C)cc1)OCCOC. The van der Waals surface area contributed by atoms with Crippen molar-refractivity contribution in [1.29, 1.82) is 0 Å². The van der Waals surface area contributed by atoms with E-state index in [1.165, 1.54) is 48.5 Å². The number of hydrogen-bond donors (Lipinski definition) is 0. The average Bonchev–Trinajstić information content (AvgIpc) is 0.986. The third-order valence-corrected chi connectivity index (χ3v) is 19.9. The highest BCUT2D eigenvalue weighted by Gasteiger charge is 2.28. The molecule has 0 aliphatic carbocycles. The van der Waals surface area contributed by atoms with Crippen LogP contribution < -0.4 is 0 Å². The van der Waals surface area contributed by atoms with Crippen molar-refractivity contribution in [3.05, 3.63) is 119 Å². The first-order chi connectivity index (χ1) is 49.6. The quantitative estimate of drug-likeness (QED) is 0.0329. The fourth-order valence-electron chi connectivity index (χ4n) is 9.26. The van der Waals surface area contributed by atoms with Crippen molar-refractivity contribution in [2.75, 3.05) is 246 Å². The molecule has 4 unspecified atom stereocenters. The first kappa shape index (κ1) is 91.2. The van der Waals surface area contributed by atoms with Crippen LogP contribution in [0.4, 0.5) is 0 Å². The van der Waals surface area contributed by atoms with Crippen LogP contribution in [0.3, 0.4) is 0 Å². The van der Waals surface area contributed by atoms with Crippen LogP contribution in [0.5, 0.6) is 0 Å². The Kier molecular flexibility index (Phi) is 47.4. The Labute approximate surface area is 610 Å². The summed E-state index contributed by atoms with van der Waals surface area (Å²) in [7, 11) is -9.89. The van der Waals surface area contributed by atoms with Crippen LogP contribution in [0.25, 0.3) is 0 Å². The maximum absolute atomic E-state index is 13.0. The van der Waals surface area contributed by atoms with Crippen molar-refractivity contribution in [2.45, 2.75) is 71.7 Å². The highest BCUT2D eigenvalue weighted by Crippen LogP contribution is 2.18. The summed E-state index contributed by atoms with van der Waals surface area (Å²) in [5.41, 5.74) is 3.55. The van der Waals surface area contributed by atoms with E-state index >= 15 is 0 Å². The molecule has 0 radical (unpaired) electrons. The van der Waals surface area contributed by atoms with Crippen LogP contribution in [0.1, 0.15) is 22.3 Å². The number of hydrogen-bond acceptors (Lipinski definition) is 30. The summed E-state index contributed by atoms with van der Waals surface area (Å²) >= 11 is 0. The lowest BCUT2D eigenvalue weighted by molar-refractivity contribution is -0.100. The summed E-state index contributed by atoms with van der Waals surface area (Å²) in [6.07, 6.45) is -2.54. The fourth-order valence-corrected chi connectivity index (χ4v) is 12.8. The number of benzene rings is 4. The summed E-state index contributed by atoms with van der Waals surface area (Å²) in [4.78, 5) is 4.24. The number of aryl methyl sites for hydroxylation is 4. The lowest BCUT2D eigenvalue weighted by Gasteiger charge is -2.37. The van der Waals surface area contributed by atoms with Gasteiger partial charge in [0.2, 0.25) is 0 Å². The molecule has 0 amide bonds. The molecule has 0 aliphatic rings. The van der Waals surface area contributed by atoms with Crippen molar-refractivity contribution in [3.63, 3.8) is 0 Å². The van der Waals surface area contributed by atoms with Gasteiger partial charge in [-0.1, -0.05) is 70.8 Å². The minimum atomic E-state index is -4.06. The Morgan fingerprint density at radius 2 is 0.437 bits per heavy atom. The van der Waals surface area contributed by atoms with E-state index in [1.54, 1.807) is 77.0 Å². The van der Waals surface area contributed by atoms with Crippen molar-refractivity contribution < 1.29 is 126 Å². The zero-order valence-corrected chi connectivity index (χ0v) is 64.1. The molecule has 0 aromatic heterocycles. The van der Waals surface area contributed by atoms with Gasteiger partial charge in [0, 0.05) is 54.6 Å². The number of methoxy groups -OCH3 is 4. The highest BCUT2D eigenvalue weighted by atomic mass is 32.2.